The molecule has 0 radical (unpaired) electrons. The summed E-state index contributed by atoms with van der Waals surface area (Å²) in [4.78, 5) is 21.9. The highest BCUT2D eigenvalue weighted by atomic mass is 79.9. The zero-order chi connectivity index (χ0) is 9.56. The molecule has 70 valence electrons. The summed E-state index contributed by atoms with van der Waals surface area (Å²) in [5.41, 5.74) is 0. The number of esters is 1. The lowest BCUT2D eigenvalue weighted by Gasteiger charge is -2.06. The maximum Gasteiger partial charge on any atom is 0.306 e. The molecule has 0 fully saturated rings. The van der Waals surface area contributed by atoms with Gasteiger partial charge in [0.15, 0.2) is 0 Å². The van der Waals surface area contributed by atoms with Crippen LogP contribution in [0.2, 0.25) is 0 Å². The molecule has 0 aromatic rings. The van der Waals surface area contributed by atoms with Crippen molar-refractivity contribution in [2.75, 3.05) is 11.9 Å². The standard InChI is InChI=1S/C8H13BrO3/c1-3-12-8(11)4-6(2)7(10)5-9/h6H,3-5H2,1-2H3. The largest absolute Gasteiger partial charge is 0.466 e. The predicted molar refractivity (Wildman–Crippen MR) is 49.2 cm³/mol. The van der Waals surface area contributed by atoms with Gasteiger partial charge in [0.25, 0.3) is 0 Å². The Balaban J connectivity index is 3.75. The fourth-order valence-corrected chi connectivity index (χ4v) is 1.27. The third-order valence-electron chi connectivity index (χ3n) is 1.46. The van der Waals surface area contributed by atoms with Crippen LogP contribution in [0.3, 0.4) is 0 Å². The van der Waals surface area contributed by atoms with Crippen molar-refractivity contribution >= 4 is 27.7 Å². The van der Waals surface area contributed by atoms with Crippen LogP contribution in [0, 0.1) is 5.92 Å². The van der Waals surface area contributed by atoms with Crippen LogP contribution in [0.5, 0.6) is 0 Å². The van der Waals surface area contributed by atoms with Gasteiger partial charge in [0.2, 0.25) is 0 Å². The summed E-state index contributed by atoms with van der Waals surface area (Å²) in [5, 5.41) is 0.299. The van der Waals surface area contributed by atoms with E-state index >= 15 is 0 Å². The van der Waals surface area contributed by atoms with Crippen molar-refractivity contribution in [1.82, 2.24) is 0 Å². The molecule has 12 heavy (non-hydrogen) atoms. The molecule has 0 saturated heterocycles. The average molecular weight is 237 g/mol. The molecule has 1 atom stereocenters. The van der Waals surface area contributed by atoms with Crippen LogP contribution >= 0.6 is 15.9 Å². The number of alkyl halides is 1. The molecule has 0 bridgehead atoms. The van der Waals surface area contributed by atoms with Crippen molar-refractivity contribution < 1.29 is 14.3 Å². The molecule has 0 N–H and O–H groups in total. The molecule has 0 rings (SSSR count). The highest BCUT2D eigenvalue weighted by Crippen LogP contribution is 2.06. The molecule has 3 nitrogen and oxygen atoms in total. The Hall–Kier alpha value is -0.380. The molecule has 0 aliphatic carbocycles. The minimum Gasteiger partial charge on any atom is -0.466 e. The van der Waals surface area contributed by atoms with E-state index in [4.69, 9.17) is 4.74 Å². The number of hydrogen-bond donors (Lipinski definition) is 0. The van der Waals surface area contributed by atoms with Crippen molar-refractivity contribution in [2.24, 2.45) is 5.92 Å². The second-order valence-electron chi connectivity index (χ2n) is 2.51. The van der Waals surface area contributed by atoms with Crippen LogP contribution in [0.15, 0.2) is 0 Å². The Bertz CT molecular complexity index is 168. The van der Waals surface area contributed by atoms with Gasteiger partial charge in [-0.05, 0) is 6.92 Å². The Kier molecular flexibility index (Phi) is 5.98. The van der Waals surface area contributed by atoms with E-state index in [1.807, 2.05) is 0 Å². The summed E-state index contributed by atoms with van der Waals surface area (Å²) < 4.78 is 4.70. The maximum atomic E-state index is 11.0. The van der Waals surface area contributed by atoms with Gasteiger partial charge >= 0.3 is 5.97 Å². The van der Waals surface area contributed by atoms with Crippen LogP contribution in [0.25, 0.3) is 0 Å². The van der Waals surface area contributed by atoms with E-state index in [2.05, 4.69) is 15.9 Å². The number of ketones is 1. The highest BCUT2D eigenvalue weighted by molar-refractivity contribution is 9.09. The third kappa shape index (κ3) is 4.49. The molecule has 0 spiro atoms. The fraction of sp³-hybridized carbons (Fsp3) is 0.750. The van der Waals surface area contributed by atoms with Crippen molar-refractivity contribution in [3.8, 4) is 0 Å². The monoisotopic (exact) mass is 236 g/mol. The number of carbonyl (C=O) groups excluding carboxylic acids is 2. The molecular weight excluding hydrogens is 224 g/mol. The minimum atomic E-state index is -0.306. The molecular formula is C8H13BrO3. The minimum absolute atomic E-state index is 0.0306. The van der Waals surface area contributed by atoms with Crippen LogP contribution in [-0.2, 0) is 14.3 Å². The first kappa shape index (κ1) is 11.6. The van der Waals surface area contributed by atoms with E-state index in [-0.39, 0.29) is 24.1 Å². The maximum absolute atomic E-state index is 11.0. The third-order valence-corrected chi connectivity index (χ3v) is 2.01. The number of ether oxygens (including phenoxy) is 1. The van der Waals surface area contributed by atoms with Gasteiger partial charge in [0, 0.05) is 5.92 Å². The second kappa shape index (κ2) is 6.17. The van der Waals surface area contributed by atoms with Crippen molar-refractivity contribution in [2.45, 2.75) is 20.3 Å². The first-order chi connectivity index (χ1) is 5.61. The number of Topliss-reactive ketones (excluding diaryl/α,β-unsaturated/α-hetero) is 1. The van der Waals surface area contributed by atoms with Gasteiger partial charge in [-0.25, -0.2) is 0 Å². The summed E-state index contributed by atoms with van der Waals surface area (Å²) in [6.07, 6.45) is 0.179. The number of carbonyl (C=O) groups is 2. The number of rotatable bonds is 5. The zero-order valence-corrected chi connectivity index (χ0v) is 8.89. The molecule has 0 aromatic carbocycles. The molecule has 0 heterocycles. The van der Waals surface area contributed by atoms with Crippen LogP contribution < -0.4 is 0 Å². The van der Waals surface area contributed by atoms with Gasteiger partial charge < -0.3 is 4.74 Å². The molecule has 4 heteroatoms. The molecule has 1 unspecified atom stereocenters. The Labute approximate surface area is 80.6 Å². The van der Waals surface area contributed by atoms with Crippen LogP contribution in [0.1, 0.15) is 20.3 Å². The first-order valence-corrected chi connectivity index (χ1v) is 4.98. The van der Waals surface area contributed by atoms with E-state index in [1.54, 1.807) is 13.8 Å². The van der Waals surface area contributed by atoms with Gasteiger partial charge in [0.1, 0.15) is 5.78 Å². The smallest absolute Gasteiger partial charge is 0.306 e. The number of halogens is 1. The summed E-state index contributed by atoms with van der Waals surface area (Å²) in [6, 6.07) is 0. The molecule has 0 amide bonds. The predicted octanol–water partition coefficient (Wildman–Crippen LogP) is 1.54. The van der Waals surface area contributed by atoms with Crippen LogP contribution in [-0.4, -0.2) is 23.7 Å². The lowest BCUT2D eigenvalue weighted by Crippen LogP contribution is -2.17. The lowest BCUT2D eigenvalue weighted by molar-refractivity contribution is -0.145. The van der Waals surface area contributed by atoms with E-state index in [0.29, 0.717) is 11.9 Å². The highest BCUT2D eigenvalue weighted by Gasteiger charge is 2.15. The van der Waals surface area contributed by atoms with E-state index in [9.17, 15) is 9.59 Å². The zero-order valence-electron chi connectivity index (χ0n) is 7.30. The molecule has 0 saturated carbocycles. The lowest BCUT2D eigenvalue weighted by atomic mass is 10.0. The fourth-order valence-electron chi connectivity index (χ4n) is 0.715. The second-order valence-corrected chi connectivity index (χ2v) is 3.07. The van der Waals surface area contributed by atoms with Gasteiger partial charge in [-0.2, -0.15) is 0 Å². The van der Waals surface area contributed by atoms with E-state index < -0.39 is 0 Å². The van der Waals surface area contributed by atoms with Crippen molar-refractivity contribution in [3.05, 3.63) is 0 Å². The SMILES string of the molecule is CCOC(=O)CC(C)C(=O)CBr. The Morgan fingerprint density at radius 2 is 2.08 bits per heavy atom. The van der Waals surface area contributed by atoms with E-state index in [1.165, 1.54) is 0 Å². The summed E-state index contributed by atoms with van der Waals surface area (Å²) in [7, 11) is 0. The van der Waals surface area contributed by atoms with Gasteiger partial charge in [-0.15, -0.1) is 0 Å². The number of hydrogen-bond acceptors (Lipinski definition) is 3. The quantitative estimate of drug-likeness (QED) is 0.538. The Morgan fingerprint density at radius 3 is 2.50 bits per heavy atom. The van der Waals surface area contributed by atoms with Gasteiger partial charge in [0.05, 0.1) is 18.4 Å². The normalized spacial score (nSPS) is 12.2. The summed E-state index contributed by atoms with van der Waals surface area (Å²) >= 11 is 3.04. The topological polar surface area (TPSA) is 43.4 Å². The summed E-state index contributed by atoms with van der Waals surface area (Å²) in [6.45, 7) is 3.84. The van der Waals surface area contributed by atoms with E-state index in [0.717, 1.165) is 0 Å². The van der Waals surface area contributed by atoms with Crippen LogP contribution in [0.4, 0.5) is 0 Å². The first-order valence-electron chi connectivity index (χ1n) is 3.86. The average Bonchev–Trinajstić information content (AvgIpc) is 2.03. The Morgan fingerprint density at radius 1 is 1.50 bits per heavy atom. The van der Waals surface area contributed by atoms with Crippen molar-refractivity contribution in [1.29, 1.82) is 0 Å². The molecule has 0 aromatic heterocycles. The summed E-state index contributed by atoms with van der Waals surface area (Å²) in [5.74, 6) is -0.522. The molecule has 0 aliphatic heterocycles. The van der Waals surface area contributed by atoms with Gasteiger partial charge in [-0.3, -0.25) is 9.59 Å². The van der Waals surface area contributed by atoms with Gasteiger partial charge in [-0.1, -0.05) is 22.9 Å². The molecule has 0 aliphatic rings. The van der Waals surface area contributed by atoms with Crippen molar-refractivity contribution in [3.63, 3.8) is 0 Å².